The van der Waals surface area contributed by atoms with Gasteiger partial charge in [-0.25, -0.2) is 14.2 Å². The van der Waals surface area contributed by atoms with E-state index in [-0.39, 0.29) is 40.6 Å². The normalized spacial score (nSPS) is 11.5. The fourth-order valence-corrected chi connectivity index (χ4v) is 3.50. The van der Waals surface area contributed by atoms with Crippen LogP contribution in [0.2, 0.25) is 0 Å². The van der Waals surface area contributed by atoms with E-state index in [1.807, 2.05) is 0 Å². The number of carboxylic acid groups (broad SMARTS) is 1. The number of hydrogen-bond acceptors (Lipinski definition) is 4. The standard InChI is InChI=1S/C23H17F4N3O3/c1-33-20-9-7-15(11-17(20)24)28-22-29-18-10-13(21(31)32)6-8-19(18)30(22)12-14-4-2-3-5-16(14)23(25,26)27/h2-11H,12H2,1H3,(H,28,29)(H,31,32). The highest BCUT2D eigenvalue weighted by Crippen LogP contribution is 2.34. The summed E-state index contributed by atoms with van der Waals surface area (Å²) in [6, 6.07) is 13.4. The summed E-state index contributed by atoms with van der Waals surface area (Å²) in [4.78, 5) is 15.7. The number of anilines is 2. The van der Waals surface area contributed by atoms with Crippen LogP contribution in [0.25, 0.3) is 11.0 Å². The van der Waals surface area contributed by atoms with Gasteiger partial charge in [0, 0.05) is 11.8 Å². The van der Waals surface area contributed by atoms with Gasteiger partial charge in [-0.3, -0.25) is 0 Å². The predicted octanol–water partition coefficient (Wildman–Crippen LogP) is 5.69. The lowest BCUT2D eigenvalue weighted by Crippen LogP contribution is -2.13. The zero-order valence-electron chi connectivity index (χ0n) is 17.2. The highest BCUT2D eigenvalue weighted by Gasteiger charge is 2.33. The van der Waals surface area contributed by atoms with Gasteiger partial charge in [0.15, 0.2) is 11.6 Å². The molecule has 6 nitrogen and oxygen atoms in total. The third-order valence-electron chi connectivity index (χ3n) is 5.05. The average Bonchev–Trinajstić information content (AvgIpc) is 3.09. The van der Waals surface area contributed by atoms with Crippen molar-refractivity contribution in [2.45, 2.75) is 12.7 Å². The Morgan fingerprint density at radius 2 is 1.88 bits per heavy atom. The van der Waals surface area contributed by atoms with Gasteiger partial charge in [-0.1, -0.05) is 18.2 Å². The minimum Gasteiger partial charge on any atom is -0.494 e. The van der Waals surface area contributed by atoms with E-state index < -0.39 is 23.5 Å². The summed E-state index contributed by atoms with van der Waals surface area (Å²) in [7, 11) is 1.32. The van der Waals surface area contributed by atoms with Crippen LogP contribution in [0.3, 0.4) is 0 Å². The molecular weight excluding hydrogens is 442 g/mol. The monoisotopic (exact) mass is 459 g/mol. The zero-order valence-corrected chi connectivity index (χ0v) is 17.2. The van der Waals surface area contributed by atoms with Crippen molar-refractivity contribution in [3.63, 3.8) is 0 Å². The van der Waals surface area contributed by atoms with E-state index in [2.05, 4.69) is 10.3 Å². The van der Waals surface area contributed by atoms with E-state index in [0.717, 1.165) is 12.1 Å². The molecule has 0 radical (unpaired) electrons. The molecule has 0 saturated carbocycles. The van der Waals surface area contributed by atoms with Crippen molar-refractivity contribution in [3.8, 4) is 5.75 Å². The summed E-state index contributed by atoms with van der Waals surface area (Å²) in [6.07, 6.45) is -4.56. The zero-order chi connectivity index (χ0) is 23.8. The Bertz CT molecular complexity index is 1350. The van der Waals surface area contributed by atoms with Crippen LogP contribution < -0.4 is 10.1 Å². The smallest absolute Gasteiger partial charge is 0.416 e. The van der Waals surface area contributed by atoms with E-state index in [9.17, 15) is 27.5 Å². The van der Waals surface area contributed by atoms with Crippen LogP contribution in [0.15, 0.2) is 60.7 Å². The number of ether oxygens (including phenoxy) is 1. The molecule has 0 spiro atoms. The third-order valence-corrected chi connectivity index (χ3v) is 5.05. The number of carbonyl (C=O) groups is 1. The van der Waals surface area contributed by atoms with Crippen molar-refractivity contribution in [1.29, 1.82) is 0 Å². The van der Waals surface area contributed by atoms with Gasteiger partial charge in [0.1, 0.15) is 0 Å². The fourth-order valence-electron chi connectivity index (χ4n) is 3.50. The first kappa shape index (κ1) is 22.1. The number of aromatic nitrogens is 2. The molecule has 0 atom stereocenters. The van der Waals surface area contributed by atoms with E-state index >= 15 is 0 Å². The largest absolute Gasteiger partial charge is 0.494 e. The average molecular weight is 459 g/mol. The second kappa shape index (κ2) is 8.45. The number of halogens is 4. The predicted molar refractivity (Wildman–Crippen MR) is 113 cm³/mol. The first-order valence-corrected chi connectivity index (χ1v) is 9.66. The van der Waals surface area contributed by atoms with E-state index in [0.29, 0.717) is 5.52 Å². The fraction of sp³-hybridized carbons (Fsp3) is 0.130. The number of carboxylic acids is 1. The van der Waals surface area contributed by atoms with Crippen LogP contribution in [0.4, 0.5) is 29.2 Å². The van der Waals surface area contributed by atoms with Gasteiger partial charge >= 0.3 is 12.1 Å². The molecule has 0 saturated heterocycles. The Hall–Kier alpha value is -4.08. The number of rotatable bonds is 6. The Balaban J connectivity index is 1.83. The van der Waals surface area contributed by atoms with E-state index in [4.69, 9.17) is 4.74 Å². The highest BCUT2D eigenvalue weighted by atomic mass is 19.4. The minimum atomic E-state index is -4.56. The van der Waals surface area contributed by atoms with Crippen LogP contribution in [-0.2, 0) is 12.7 Å². The number of nitrogens with one attached hydrogen (secondary N) is 1. The van der Waals surface area contributed by atoms with Crippen LogP contribution in [0.1, 0.15) is 21.5 Å². The van der Waals surface area contributed by atoms with Crippen molar-refractivity contribution in [1.82, 2.24) is 9.55 Å². The molecule has 10 heteroatoms. The quantitative estimate of drug-likeness (QED) is 0.362. The Labute approximate surface area is 185 Å². The molecular formula is C23H17F4N3O3. The molecule has 4 rings (SSSR count). The maximum atomic E-state index is 14.1. The SMILES string of the molecule is COc1ccc(Nc2nc3cc(C(=O)O)ccc3n2Cc2ccccc2C(F)(F)F)cc1F. The van der Waals surface area contributed by atoms with Crippen molar-refractivity contribution in [3.05, 3.63) is 83.2 Å². The van der Waals surface area contributed by atoms with Gasteiger partial charge in [0.25, 0.3) is 0 Å². The summed E-state index contributed by atoms with van der Waals surface area (Å²) in [5, 5.41) is 12.2. The molecule has 4 aromatic rings. The first-order chi connectivity index (χ1) is 15.7. The number of aromatic carboxylic acids is 1. The van der Waals surface area contributed by atoms with E-state index in [1.54, 1.807) is 0 Å². The first-order valence-electron chi connectivity index (χ1n) is 9.66. The van der Waals surface area contributed by atoms with Crippen molar-refractivity contribution < 1.29 is 32.2 Å². The molecule has 0 unspecified atom stereocenters. The second-order valence-corrected chi connectivity index (χ2v) is 7.16. The Kier molecular flexibility index (Phi) is 5.67. The van der Waals surface area contributed by atoms with Crippen LogP contribution >= 0.6 is 0 Å². The summed E-state index contributed by atoms with van der Waals surface area (Å²) < 4.78 is 61.1. The summed E-state index contributed by atoms with van der Waals surface area (Å²) in [5.41, 5.74) is 0.132. The number of nitrogens with zero attached hydrogens (tertiary/aromatic N) is 2. The molecule has 3 aromatic carbocycles. The van der Waals surface area contributed by atoms with E-state index in [1.165, 1.54) is 60.2 Å². The maximum Gasteiger partial charge on any atom is 0.416 e. The summed E-state index contributed by atoms with van der Waals surface area (Å²) >= 11 is 0. The summed E-state index contributed by atoms with van der Waals surface area (Å²) in [5.74, 6) is -1.66. The van der Waals surface area contributed by atoms with Gasteiger partial charge in [0.2, 0.25) is 5.95 Å². The maximum absolute atomic E-state index is 14.1. The van der Waals surface area contributed by atoms with Gasteiger partial charge < -0.3 is 19.7 Å². The molecule has 33 heavy (non-hydrogen) atoms. The van der Waals surface area contributed by atoms with Gasteiger partial charge in [-0.15, -0.1) is 0 Å². The van der Waals surface area contributed by atoms with Crippen molar-refractivity contribution in [2.24, 2.45) is 0 Å². The number of imidazole rings is 1. The minimum absolute atomic E-state index is 0.00410. The lowest BCUT2D eigenvalue weighted by atomic mass is 10.1. The number of alkyl halides is 3. The molecule has 2 N–H and O–H groups in total. The van der Waals surface area contributed by atoms with Crippen LogP contribution in [0, 0.1) is 5.82 Å². The number of methoxy groups -OCH3 is 1. The second-order valence-electron chi connectivity index (χ2n) is 7.16. The highest BCUT2D eigenvalue weighted by molar-refractivity contribution is 5.93. The van der Waals surface area contributed by atoms with Crippen LogP contribution in [-0.4, -0.2) is 27.7 Å². The lowest BCUT2D eigenvalue weighted by Gasteiger charge is -2.16. The molecule has 0 aliphatic heterocycles. The number of fused-ring (bicyclic) bond motifs is 1. The summed E-state index contributed by atoms with van der Waals surface area (Å²) in [6.45, 7) is -0.209. The Morgan fingerprint density at radius 1 is 1.12 bits per heavy atom. The number of benzene rings is 3. The third kappa shape index (κ3) is 4.45. The van der Waals surface area contributed by atoms with Crippen LogP contribution in [0.5, 0.6) is 5.75 Å². The van der Waals surface area contributed by atoms with Gasteiger partial charge in [0.05, 0.1) is 35.8 Å². The van der Waals surface area contributed by atoms with Crippen molar-refractivity contribution >= 4 is 28.6 Å². The van der Waals surface area contributed by atoms with Crippen molar-refractivity contribution in [2.75, 3.05) is 12.4 Å². The molecule has 0 aliphatic rings. The molecule has 0 aliphatic carbocycles. The molecule has 170 valence electrons. The molecule has 0 bridgehead atoms. The van der Waals surface area contributed by atoms with Gasteiger partial charge in [-0.05, 0) is 42.0 Å². The Morgan fingerprint density at radius 3 is 2.55 bits per heavy atom. The molecule has 0 fully saturated rings. The lowest BCUT2D eigenvalue weighted by molar-refractivity contribution is -0.138. The number of hydrogen-bond donors (Lipinski definition) is 2. The molecule has 1 heterocycles. The molecule has 1 aromatic heterocycles. The molecule has 0 amide bonds. The van der Waals surface area contributed by atoms with Gasteiger partial charge in [-0.2, -0.15) is 13.2 Å². The topological polar surface area (TPSA) is 76.4 Å².